The molecule has 0 fully saturated rings. The summed E-state index contributed by atoms with van der Waals surface area (Å²) < 4.78 is 47.0. The van der Waals surface area contributed by atoms with Crippen molar-refractivity contribution in [2.45, 2.75) is 12.2 Å². The van der Waals surface area contributed by atoms with E-state index in [0.29, 0.717) is 0 Å². The van der Waals surface area contributed by atoms with Crippen molar-refractivity contribution < 1.29 is 39.8 Å². The summed E-state index contributed by atoms with van der Waals surface area (Å²) in [6, 6.07) is 0. The Morgan fingerprint density at radius 2 is 0.627 bits per heavy atom. The topological polar surface area (TPSA) is 314 Å². The van der Waals surface area contributed by atoms with Crippen LogP contribution in [0, 0.1) is 6.92 Å². The molecule has 3 rings (SSSR count). The van der Waals surface area contributed by atoms with E-state index in [2.05, 4.69) is 6.92 Å². The number of nitrogens with one attached hydrogen (secondary N) is 3. The Morgan fingerprint density at radius 1 is 0.431 bits per heavy atom. The predicted octanol–water partition coefficient (Wildman–Crippen LogP) is -7.68. The minimum atomic E-state index is -4.70. The molecule has 0 aliphatic rings. The summed E-state index contributed by atoms with van der Waals surface area (Å²) in [6.07, 6.45) is -1.26. The normalized spacial score (nSPS) is 12.8. The van der Waals surface area contributed by atoms with Gasteiger partial charge in [-0.25, -0.2) is 69.6 Å². The van der Waals surface area contributed by atoms with E-state index < -0.39 is 90.3 Å². The second kappa shape index (κ2) is 15.0. The van der Waals surface area contributed by atoms with Gasteiger partial charge in [0.25, 0.3) is 0 Å². The molecule has 0 atom stereocenters. The van der Waals surface area contributed by atoms with Gasteiger partial charge in [0, 0.05) is 70.4 Å². The maximum absolute atomic E-state index is 14.5. The molecule has 1 radical (unpaired) electrons. The molecule has 51 heavy (non-hydrogen) atoms. The lowest BCUT2D eigenvalue weighted by molar-refractivity contribution is 0.0858. The Morgan fingerprint density at radius 3 is 0.784 bits per heavy atom. The molecule has 30 heteroatoms. The highest BCUT2D eigenvalue weighted by Gasteiger charge is 2.54. The van der Waals surface area contributed by atoms with Crippen molar-refractivity contribution in [3.8, 4) is 0 Å². The van der Waals surface area contributed by atoms with E-state index in [0.717, 1.165) is 64.0 Å². The molecule has 0 saturated carbocycles. The minimum absolute atomic E-state index is 0.111. The van der Waals surface area contributed by atoms with E-state index in [4.69, 9.17) is 39.8 Å². The third kappa shape index (κ3) is 5.84. The van der Waals surface area contributed by atoms with Gasteiger partial charge in [-0.15, -0.1) is 0 Å². The van der Waals surface area contributed by atoms with Crippen LogP contribution in [0.5, 0.6) is 0 Å². The van der Waals surface area contributed by atoms with Crippen LogP contribution in [0.2, 0.25) is 0 Å². The number of aromatic nitrogens is 9. The van der Waals surface area contributed by atoms with Crippen LogP contribution in [0.15, 0.2) is 43.2 Å². The van der Waals surface area contributed by atoms with Gasteiger partial charge in [0.05, 0.1) is 0 Å². The highest BCUT2D eigenvalue weighted by molar-refractivity contribution is 6.59. The van der Waals surface area contributed by atoms with Crippen LogP contribution in [0.3, 0.4) is 0 Å². The zero-order valence-corrected chi connectivity index (χ0v) is 31.4. The smallest absolute Gasteiger partial charge is 0.359 e. The van der Waals surface area contributed by atoms with Gasteiger partial charge in [-0.1, -0.05) is 0 Å². The Bertz CT molecular complexity index is 2040. The molecule has 0 amide bonds. The van der Waals surface area contributed by atoms with Crippen molar-refractivity contribution in [2.75, 3.05) is 64.0 Å². The van der Waals surface area contributed by atoms with E-state index >= 15 is 0 Å². The Labute approximate surface area is 285 Å². The largest absolute Gasteiger partial charge is 0.645 e. The van der Waals surface area contributed by atoms with Gasteiger partial charge < -0.3 is 39.8 Å². The van der Waals surface area contributed by atoms with Crippen molar-refractivity contribution in [2.24, 2.45) is 0 Å². The fourth-order valence-corrected chi connectivity index (χ4v) is 10.4. The molecule has 0 saturated heterocycles. The molecule has 0 unspecified atom stereocenters. The molecule has 283 valence electrons. The molecule has 27 nitrogen and oxygen atoms in total. The van der Waals surface area contributed by atoms with Crippen molar-refractivity contribution in [1.29, 1.82) is 0 Å². The first-order chi connectivity index (χ1) is 24.0. The predicted molar refractivity (Wildman–Crippen MR) is 172 cm³/mol. The van der Waals surface area contributed by atoms with Gasteiger partial charge in [0.2, 0.25) is 5.79 Å². The zero-order chi connectivity index (χ0) is 38.9. The molecule has 0 spiro atoms. The third-order valence-electron chi connectivity index (χ3n) is 7.56. The quantitative estimate of drug-likeness (QED) is 0.114. The molecule has 0 aromatic carbocycles. The Balaban J connectivity index is 3.01. The van der Waals surface area contributed by atoms with E-state index in [9.17, 15) is 43.2 Å². The van der Waals surface area contributed by atoms with Crippen molar-refractivity contribution >= 4 is 26.9 Å². The lowest BCUT2D eigenvalue weighted by Crippen LogP contribution is -2.77. The van der Waals surface area contributed by atoms with E-state index in [1.165, 1.54) is 0 Å². The first-order valence-corrected chi connectivity index (χ1v) is 18.7. The fourth-order valence-electron chi connectivity index (χ4n) is 5.31. The fraction of sp³-hybridized carbons (Fsp3) is 0.524. The molecule has 0 aliphatic carbocycles. The number of nitrogens with zero attached hydrogens (tertiary/aromatic N) is 6. The monoisotopic (exact) mass is 784 g/mol. The summed E-state index contributed by atoms with van der Waals surface area (Å²) in [4.78, 5) is 130. The number of H-pyrrole nitrogens is 3. The second-order valence-corrected chi connectivity index (χ2v) is 17.7. The van der Waals surface area contributed by atoms with Gasteiger partial charge in [-0.2, -0.15) is 0 Å². The molecule has 3 heterocycles. The number of aromatic amines is 3. The van der Waals surface area contributed by atoms with Crippen LogP contribution in [-0.4, -0.2) is 132 Å². The van der Waals surface area contributed by atoms with Crippen LogP contribution < -0.4 is 51.2 Å². The Kier molecular flexibility index (Phi) is 12.1. The Hall–Kier alpha value is -4.48. The molecule has 3 aromatic heterocycles. The lowest BCUT2D eigenvalue weighted by atomic mass is 10.2. The summed E-state index contributed by atoms with van der Waals surface area (Å²) in [5.41, 5.74) is -15.5. The van der Waals surface area contributed by atoms with Crippen molar-refractivity contribution in [3.63, 3.8) is 0 Å². The number of rotatable bonds is 16. The lowest BCUT2D eigenvalue weighted by Gasteiger charge is -2.37. The molecular formula is C21H34N9O18Si3. The summed E-state index contributed by atoms with van der Waals surface area (Å²) in [6.45, 7) is 3.61. The molecule has 3 aromatic rings. The summed E-state index contributed by atoms with van der Waals surface area (Å²) in [7, 11) is -5.48. The van der Waals surface area contributed by atoms with Crippen LogP contribution in [0.25, 0.3) is 0 Å². The summed E-state index contributed by atoms with van der Waals surface area (Å²) in [5.74, 6) is -3.54. The highest BCUT2D eigenvalue weighted by atomic mass is 28.4. The molecular weight excluding hydrogens is 751 g/mol. The number of hydrogen-bond donors (Lipinski definition) is 3. The maximum atomic E-state index is 14.5. The maximum Gasteiger partial charge on any atom is 0.645 e. The van der Waals surface area contributed by atoms with Gasteiger partial charge in [-0.05, 0) is 6.92 Å². The first-order valence-electron chi connectivity index (χ1n) is 13.7. The minimum Gasteiger partial charge on any atom is -0.359 e. The van der Waals surface area contributed by atoms with Crippen LogP contribution in [-0.2, 0) is 45.6 Å². The average Bonchev–Trinajstić information content (AvgIpc) is 3.09. The van der Waals surface area contributed by atoms with Gasteiger partial charge in [0.15, 0.2) is 0 Å². The van der Waals surface area contributed by atoms with Gasteiger partial charge in [-0.3, -0.25) is 15.0 Å². The molecule has 3 N–H and O–H groups in total. The van der Waals surface area contributed by atoms with Crippen LogP contribution >= 0.6 is 0 Å². The standard InChI is InChI=1S/C21H34N9O18Si3/c1-11-21(25-12(31)22-15(34)28(18(25)37)49(40-2,41-3)42-4,26-13(32)23-16(35)29(19(26)38)50(43-5,44-6)45-7)27-14(33)24-17(36)30(20(27)39)51(46-8,47-9)48-10/h1,11H2,2-10H3,(H,22,31,34)(H,23,32,35)(H,24,33,36). The SMILES string of the molecule is [CH2]CC(n1c(=O)[nH]c(=O)n([Si](OC)(OC)OC)c1=O)(n1c(=O)[nH]c(=O)n([Si](OC)(OC)OC)c1=O)n1c(=O)[nH]c(=O)n([Si](OC)(OC)OC)c1=O. The van der Waals surface area contributed by atoms with E-state index in [1.54, 1.807) is 15.0 Å². The van der Waals surface area contributed by atoms with Gasteiger partial charge in [0.1, 0.15) is 0 Å². The summed E-state index contributed by atoms with van der Waals surface area (Å²) in [5, 5.41) is 0. The van der Waals surface area contributed by atoms with Crippen molar-refractivity contribution in [1.82, 2.24) is 41.4 Å². The van der Waals surface area contributed by atoms with E-state index in [-0.39, 0.29) is 26.4 Å². The average molecular weight is 785 g/mol. The van der Waals surface area contributed by atoms with Gasteiger partial charge >= 0.3 is 78.1 Å². The second-order valence-electron chi connectivity index (χ2n) is 9.50. The molecule has 0 aliphatic heterocycles. The van der Waals surface area contributed by atoms with Crippen LogP contribution in [0.4, 0.5) is 0 Å². The van der Waals surface area contributed by atoms with E-state index in [1.807, 2.05) is 0 Å². The van der Waals surface area contributed by atoms with Crippen molar-refractivity contribution in [3.05, 3.63) is 101 Å². The highest BCUT2D eigenvalue weighted by Crippen LogP contribution is 2.18. The summed E-state index contributed by atoms with van der Waals surface area (Å²) >= 11 is 0. The number of hydrogen-bond acceptors (Lipinski definition) is 18. The van der Waals surface area contributed by atoms with Crippen LogP contribution in [0.1, 0.15) is 6.42 Å². The zero-order valence-electron chi connectivity index (χ0n) is 28.4. The first kappa shape index (κ1) is 40.9. The molecule has 0 bridgehead atoms. The third-order valence-corrected chi connectivity index (χ3v) is 15.0.